The summed E-state index contributed by atoms with van der Waals surface area (Å²) in [5.41, 5.74) is 3.00. The SMILES string of the molecule is c1ccc2nc(CCc3nc4ccccn4n3)ccc2c1. The van der Waals surface area contributed by atoms with Gasteiger partial charge < -0.3 is 0 Å². The van der Waals surface area contributed by atoms with Crippen LogP contribution >= 0.6 is 0 Å². The zero-order valence-corrected chi connectivity index (χ0v) is 11.5. The zero-order chi connectivity index (χ0) is 14.1. The molecule has 4 aromatic rings. The van der Waals surface area contributed by atoms with Crippen LogP contribution in [0.3, 0.4) is 0 Å². The van der Waals surface area contributed by atoms with E-state index >= 15 is 0 Å². The van der Waals surface area contributed by atoms with E-state index in [-0.39, 0.29) is 0 Å². The van der Waals surface area contributed by atoms with E-state index in [0.717, 1.165) is 35.5 Å². The zero-order valence-electron chi connectivity index (χ0n) is 11.5. The second kappa shape index (κ2) is 4.98. The molecule has 4 nitrogen and oxygen atoms in total. The molecule has 0 fully saturated rings. The lowest BCUT2D eigenvalue weighted by molar-refractivity contribution is 0.823. The van der Waals surface area contributed by atoms with Crippen LogP contribution in [0.1, 0.15) is 11.5 Å². The van der Waals surface area contributed by atoms with E-state index in [9.17, 15) is 0 Å². The van der Waals surface area contributed by atoms with Crippen molar-refractivity contribution in [2.45, 2.75) is 12.8 Å². The molecule has 0 aliphatic heterocycles. The topological polar surface area (TPSA) is 43.1 Å². The maximum absolute atomic E-state index is 4.68. The molecule has 3 heterocycles. The summed E-state index contributed by atoms with van der Waals surface area (Å²) in [5, 5.41) is 5.64. The van der Waals surface area contributed by atoms with Crippen molar-refractivity contribution >= 4 is 16.6 Å². The van der Waals surface area contributed by atoms with Gasteiger partial charge in [-0.2, -0.15) is 5.10 Å². The number of pyridine rings is 2. The first-order valence-corrected chi connectivity index (χ1v) is 7.03. The van der Waals surface area contributed by atoms with Gasteiger partial charge in [0.05, 0.1) is 5.52 Å². The number of aryl methyl sites for hydroxylation is 2. The Balaban J connectivity index is 1.57. The van der Waals surface area contributed by atoms with E-state index in [0.29, 0.717) is 0 Å². The van der Waals surface area contributed by atoms with Gasteiger partial charge in [-0.1, -0.05) is 30.3 Å². The smallest absolute Gasteiger partial charge is 0.155 e. The van der Waals surface area contributed by atoms with Gasteiger partial charge in [0.2, 0.25) is 0 Å². The van der Waals surface area contributed by atoms with E-state index in [4.69, 9.17) is 0 Å². The van der Waals surface area contributed by atoms with Crippen molar-refractivity contribution in [1.29, 1.82) is 0 Å². The van der Waals surface area contributed by atoms with Gasteiger partial charge in [-0.15, -0.1) is 0 Å². The predicted octanol–water partition coefficient (Wildman–Crippen LogP) is 3.06. The van der Waals surface area contributed by atoms with Gasteiger partial charge >= 0.3 is 0 Å². The molecule has 0 spiro atoms. The fraction of sp³-hybridized carbons (Fsp3) is 0.118. The molecule has 0 aliphatic carbocycles. The van der Waals surface area contributed by atoms with Crippen molar-refractivity contribution in [1.82, 2.24) is 19.6 Å². The standard InChI is InChI=1S/C17H14N4/c1-2-6-15-13(5-1)8-9-14(18-15)10-11-16-19-17-7-3-4-12-21(17)20-16/h1-9,12H,10-11H2. The lowest BCUT2D eigenvalue weighted by Crippen LogP contribution is -1.97. The number of nitrogens with zero attached hydrogens (tertiary/aromatic N) is 4. The Morgan fingerprint density at radius 2 is 1.71 bits per heavy atom. The third-order valence-electron chi connectivity index (χ3n) is 3.55. The minimum absolute atomic E-state index is 0.799. The van der Waals surface area contributed by atoms with Crippen LogP contribution in [0, 0.1) is 0 Å². The molecule has 0 atom stereocenters. The first-order chi connectivity index (χ1) is 10.4. The van der Waals surface area contributed by atoms with Gasteiger partial charge in [0.25, 0.3) is 0 Å². The predicted molar refractivity (Wildman–Crippen MR) is 82.1 cm³/mol. The molecular formula is C17H14N4. The van der Waals surface area contributed by atoms with Crippen LogP contribution in [-0.2, 0) is 12.8 Å². The van der Waals surface area contributed by atoms with E-state index in [1.165, 1.54) is 5.39 Å². The van der Waals surface area contributed by atoms with Gasteiger partial charge in [-0.3, -0.25) is 4.98 Å². The maximum Gasteiger partial charge on any atom is 0.155 e. The third kappa shape index (κ3) is 2.36. The number of rotatable bonds is 3. The monoisotopic (exact) mass is 274 g/mol. The number of para-hydroxylation sites is 1. The Hall–Kier alpha value is -2.75. The molecule has 4 rings (SSSR count). The van der Waals surface area contributed by atoms with Crippen molar-refractivity contribution in [2.75, 3.05) is 0 Å². The average molecular weight is 274 g/mol. The summed E-state index contributed by atoms with van der Waals surface area (Å²) in [6.07, 6.45) is 3.56. The average Bonchev–Trinajstić information content (AvgIpc) is 2.95. The minimum atomic E-state index is 0.799. The van der Waals surface area contributed by atoms with Crippen LogP contribution in [-0.4, -0.2) is 19.6 Å². The Morgan fingerprint density at radius 3 is 2.67 bits per heavy atom. The Kier molecular flexibility index (Phi) is 2.85. The van der Waals surface area contributed by atoms with Crippen LogP contribution in [0.2, 0.25) is 0 Å². The largest absolute Gasteiger partial charge is 0.253 e. The summed E-state index contributed by atoms with van der Waals surface area (Å²) in [4.78, 5) is 9.20. The number of fused-ring (bicyclic) bond motifs is 2. The Morgan fingerprint density at radius 1 is 0.810 bits per heavy atom. The highest BCUT2D eigenvalue weighted by atomic mass is 15.3. The number of aromatic nitrogens is 4. The minimum Gasteiger partial charge on any atom is -0.253 e. The van der Waals surface area contributed by atoms with Crippen molar-refractivity contribution < 1.29 is 0 Å². The van der Waals surface area contributed by atoms with E-state index in [1.807, 2.05) is 47.1 Å². The van der Waals surface area contributed by atoms with Crippen LogP contribution in [0.5, 0.6) is 0 Å². The van der Waals surface area contributed by atoms with Gasteiger partial charge in [-0.25, -0.2) is 9.50 Å². The van der Waals surface area contributed by atoms with E-state index < -0.39 is 0 Å². The molecule has 0 aliphatic rings. The summed E-state index contributed by atoms with van der Waals surface area (Å²) in [5.74, 6) is 0.858. The second-order valence-corrected chi connectivity index (χ2v) is 5.03. The molecule has 4 heteroatoms. The van der Waals surface area contributed by atoms with Crippen LogP contribution < -0.4 is 0 Å². The highest BCUT2D eigenvalue weighted by Crippen LogP contribution is 2.13. The fourth-order valence-electron chi connectivity index (χ4n) is 2.47. The molecule has 0 amide bonds. The summed E-state index contributed by atoms with van der Waals surface area (Å²) < 4.78 is 1.81. The quantitative estimate of drug-likeness (QED) is 0.576. The van der Waals surface area contributed by atoms with Crippen LogP contribution in [0.25, 0.3) is 16.6 Å². The van der Waals surface area contributed by atoms with Gasteiger partial charge in [0, 0.05) is 23.7 Å². The van der Waals surface area contributed by atoms with Gasteiger partial charge in [-0.05, 0) is 30.7 Å². The van der Waals surface area contributed by atoms with Crippen molar-refractivity contribution in [3.8, 4) is 0 Å². The summed E-state index contributed by atoms with van der Waals surface area (Å²) in [6.45, 7) is 0. The number of hydrogen-bond acceptors (Lipinski definition) is 3. The van der Waals surface area contributed by atoms with Crippen LogP contribution in [0.4, 0.5) is 0 Å². The van der Waals surface area contributed by atoms with Crippen molar-refractivity contribution in [2.24, 2.45) is 0 Å². The summed E-state index contributed by atoms with van der Waals surface area (Å²) in [7, 11) is 0. The van der Waals surface area contributed by atoms with E-state index in [1.54, 1.807) is 0 Å². The molecule has 1 aromatic carbocycles. The molecule has 3 aromatic heterocycles. The van der Waals surface area contributed by atoms with Crippen molar-refractivity contribution in [3.05, 3.63) is 72.3 Å². The maximum atomic E-state index is 4.68. The number of hydrogen-bond donors (Lipinski definition) is 0. The second-order valence-electron chi connectivity index (χ2n) is 5.03. The van der Waals surface area contributed by atoms with Crippen molar-refractivity contribution in [3.63, 3.8) is 0 Å². The first kappa shape index (κ1) is 12.0. The normalized spacial score (nSPS) is 11.2. The molecule has 102 valence electrons. The molecule has 0 bridgehead atoms. The molecular weight excluding hydrogens is 260 g/mol. The van der Waals surface area contributed by atoms with E-state index in [2.05, 4.69) is 33.3 Å². The molecule has 0 saturated heterocycles. The highest BCUT2D eigenvalue weighted by molar-refractivity contribution is 5.78. The Labute approximate surface area is 122 Å². The van der Waals surface area contributed by atoms with Crippen LogP contribution in [0.15, 0.2) is 60.8 Å². The number of benzene rings is 1. The molecule has 0 radical (unpaired) electrons. The van der Waals surface area contributed by atoms with Gasteiger partial charge in [0.1, 0.15) is 0 Å². The molecule has 0 saturated carbocycles. The molecule has 0 unspecified atom stereocenters. The summed E-state index contributed by atoms with van der Waals surface area (Å²) in [6, 6.07) is 18.3. The molecule has 0 N–H and O–H groups in total. The fourth-order valence-corrected chi connectivity index (χ4v) is 2.47. The lowest BCUT2D eigenvalue weighted by Gasteiger charge is -2.01. The Bertz CT molecular complexity index is 878. The third-order valence-corrected chi connectivity index (χ3v) is 3.55. The van der Waals surface area contributed by atoms with Gasteiger partial charge in [0.15, 0.2) is 11.5 Å². The highest BCUT2D eigenvalue weighted by Gasteiger charge is 2.04. The summed E-state index contributed by atoms with van der Waals surface area (Å²) >= 11 is 0. The lowest BCUT2D eigenvalue weighted by atomic mass is 10.1. The first-order valence-electron chi connectivity index (χ1n) is 7.03. The molecule has 21 heavy (non-hydrogen) atoms.